The van der Waals surface area contributed by atoms with Gasteiger partial charge in [-0.05, 0) is 120 Å². The summed E-state index contributed by atoms with van der Waals surface area (Å²) in [5, 5.41) is 4.86. The molecule has 53 heavy (non-hydrogen) atoms. The second-order valence-electron chi connectivity index (χ2n) is 16.0. The number of para-hydroxylation sites is 3. The molecule has 9 aromatic rings. The minimum Gasteiger partial charge on any atom is -0.456 e. The molecule has 3 saturated carbocycles. The van der Waals surface area contributed by atoms with Crippen LogP contribution < -0.4 is 4.90 Å². The van der Waals surface area contributed by atoms with E-state index in [0.29, 0.717) is 0 Å². The SMILES string of the molecule is c1ccc2c(c1)-c1c(N(c3ccc(-n4c5ccccc5c5ccccc54)cc3)c3ccc4c(c3)oc3ccccc34)cccc1C21CC2C3CCC1C32. The van der Waals surface area contributed by atoms with Gasteiger partial charge in [-0.25, -0.2) is 0 Å². The van der Waals surface area contributed by atoms with Crippen LogP contribution >= 0.6 is 0 Å². The standard InChI is InChI=1S/C50H36N2O/c1-5-14-40-38(13-1)49-41(50(40)29-39-37-26-27-42(50)48(37)39)15-9-18-45(49)51(32-24-25-36-35-12-4-8-19-46(35)53-47(36)28-32)30-20-22-31(23-21-30)52-43-16-6-2-10-33(43)34-11-3-7-17-44(34)52/h1-25,28,37,39,42,48H,26-27,29H2. The minimum atomic E-state index is 0.124. The Kier molecular flexibility index (Phi) is 5.42. The summed E-state index contributed by atoms with van der Waals surface area (Å²) in [4.78, 5) is 2.49. The Labute approximate surface area is 307 Å². The summed E-state index contributed by atoms with van der Waals surface area (Å²) >= 11 is 0. The van der Waals surface area contributed by atoms with E-state index in [-0.39, 0.29) is 5.41 Å². The number of hydrogen-bond acceptors (Lipinski definition) is 2. The molecule has 1 spiro atoms. The maximum atomic E-state index is 6.51. The third-order valence-electron chi connectivity index (χ3n) is 13.9. The van der Waals surface area contributed by atoms with Crippen LogP contribution in [-0.4, -0.2) is 4.57 Å². The number of benzene rings is 7. The van der Waals surface area contributed by atoms with Crippen LogP contribution in [0, 0.1) is 23.7 Å². The second kappa shape index (κ2) is 10.1. The van der Waals surface area contributed by atoms with Gasteiger partial charge in [0, 0.05) is 55.7 Å². The Balaban J connectivity index is 1.03. The number of rotatable bonds is 4. The van der Waals surface area contributed by atoms with Crippen molar-refractivity contribution in [3.63, 3.8) is 0 Å². The van der Waals surface area contributed by atoms with Crippen LogP contribution in [0.4, 0.5) is 17.1 Å². The lowest BCUT2D eigenvalue weighted by Gasteiger charge is -2.35. The van der Waals surface area contributed by atoms with E-state index in [4.69, 9.17) is 4.42 Å². The highest BCUT2D eigenvalue weighted by Gasteiger charge is 2.72. The fourth-order valence-electron chi connectivity index (χ4n) is 11.9. The lowest BCUT2D eigenvalue weighted by molar-refractivity contribution is 0.350. The van der Waals surface area contributed by atoms with Crippen LogP contribution in [0.5, 0.6) is 0 Å². The van der Waals surface area contributed by atoms with Gasteiger partial charge in [0.2, 0.25) is 0 Å². The van der Waals surface area contributed by atoms with E-state index in [1.54, 1.807) is 11.1 Å². The van der Waals surface area contributed by atoms with Crippen LogP contribution in [0.25, 0.3) is 60.6 Å². The molecule has 3 fully saturated rings. The molecule has 4 aliphatic rings. The van der Waals surface area contributed by atoms with Crippen molar-refractivity contribution in [2.75, 3.05) is 4.90 Å². The summed E-state index contributed by atoms with van der Waals surface area (Å²) in [5.74, 6) is 3.54. The molecule has 5 unspecified atom stereocenters. The largest absolute Gasteiger partial charge is 0.456 e. The van der Waals surface area contributed by atoms with Gasteiger partial charge in [0.1, 0.15) is 11.2 Å². The van der Waals surface area contributed by atoms with Crippen LogP contribution in [0.1, 0.15) is 30.4 Å². The van der Waals surface area contributed by atoms with Crippen LogP contribution in [0.15, 0.2) is 162 Å². The van der Waals surface area contributed by atoms with Gasteiger partial charge in [0.05, 0.1) is 16.7 Å². The molecular formula is C50H36N2O. The van der Waals surface area contributed by atoms with Crippen molar-refractivity contribution in [1.82, 2.24) is 4.57 Å². The molecule has 7 aromatic carbocycles. The zero-order valence-corrected chi connectivity index (χ0v) is 29.2. The number of furan rings is 1. The number of fused-ring (bicyclic) bond motifs is 13. The monoisotopic (exact) mass is 680 g/mol. The summed E-state index contributed by atoms with van der Waals surface area (Å²) in [5.41, 5.74) is 15.0. The number of anilines is 3. The molecular weight excluding hydrogens is 645 g/mol. The first kappa shape index (κ1) is 28.5. The van der Waals surface area contributed by atoms with E-state index >= 15 is 0 Å². The Morgan fingerprint density at radius 1 is 0.547 bits per heavy atom. The first-order valence-corrected chi connectivity index (χ1v) is 19.3. The Hall–Kier alpha value is -6.06. The zero-order chi connectivity index (χ0) is 34.4. The molecule has 0 N–H and O–H groups in total. The van der Waals surface area contributed by atoms with Gasteiger partial charge in [-0.2, -0.15) is 0 Å². The minimum absolute atomic E-state index is 0.124. The first-order valence-electron chi connectivity index (χ1n) is 19.3. The third kappa shape index (κ3) is 3.60. The quantitative estimate of drug-likeness (QED) is 0.184. The second-order valence-corrected chi connectivity index (χ2v) is 16.0. The number of aromatic nitrogens is 1. The van der Waals surface area contributed by atoms with Gasteiger partial charge in [-0.1, -0.05) is 91.0 Å². The van der Waals surface area contributed by atoms with Crippen LogP contribution in [0.2, 0.25) is 0 Å². The van der Waals surface area contributed by atoms with Gasteiger partial charge in [0.25, 0.3) is 0 Å². The van der Waals surface area contributed by atoms with Crippen molar-refractivity contribution < 1.29 is 4.42 Å². The van der Waals surface area contributed by atoms with Crippen molar-refractivity contribution in [2.45, 2.75) is 24.7 Å². The predicted octanol–water partition coefficient (Wildman–Crippen LogP) is 13.1. The Bertz CT molecular complexity index is 2930. The lowest BCUT2D eigenvalue weighted by atomic mass is 9.68. The van der Waals surface area contributed by atoms with Gasteiger partial charge in [-0.3, -0.25) is 0 Å². The van der Waals surface area contributed by atoms with Crippen LogP contribution in [-0.2, 0) is 5.41 Å². The predicted molar refractivity (Wildman–Crippen MR) is 217 cm³/mol. The maximum Gasteiger partial charge on any atom is 0.137 e. The molecule has 13 rings (SSSR count). The molecule has 0 aliphatic heterocycles. The van der Waals surface area contributed by atoms with E-state index < -0.39 is 0 Å². The summed E-state index contributed by atoms with van der Waals surface area (Å²) < 4.78 is 8.91. The normalized spacial score (nSPS) is 23.3. The average Bonchev–Trinajstić information content (AvgIpc) is 3.68. The highest BCUT2D eigenvalue weighted by molar-refractivity contribution is 6.09. The molecule has 0 amide bonds. The fourth-order valence-corrected chi connectivity index (χ4v) is 11.9. The summed E-state index contributed by atoms with van der Waals surface area (Å²) in [7, 11) is 0. The summed E-state index contributed by atoms with van der Waals surface area (Å²) in [6.07, 6.45) is 4.08. The molecule has 3 heteroatoms. The van der Waals surface area contributed by atoms with Gasteiger partial charge in [-0.15, -0.1) is 0 Å². The van der Waals surface area contributed by atoms with Gasteiger partial charge >= 0.3 is 0 Å². The van der Waals surface area contributed by atoms with Crippen molar-refractivity contribution in [2.24, 2.45) is 23.7 Å². The topological polar surface area (TPSA) is 21.3 Å². The molecule has 4 aliphatic carbocycles. The first-order chi connectivity index (χ1) is 26.3. The smallest absolute Gasteiger partial charge is 0.137 e. The van der Waals surface area contributed by atoms with E-state index in [1.807, 2.05) is 0 Å². The summed E-state index contributed by atoms with van der Waals surface area (Å²) in [6, 6.07) is 58.4. The molecule has 3 nitrogen and oxygen atoms in total. The van der Waals surface area contributed by atoms with E-state index in [0.717, 1.165) is 62.7 Å². The molecule has 2 aromatic heterocycles. The maximum absolute atomic E-state index is 6.51. The van der Waals surface area contributed by atoms with E-state index in [2.05, 4.69) is 167 Å². The molecule has 0 bridgehead atoms. The van der Waals surface area contributed by atoms with Gasteiger partial charge < -0.3 is 13.9 Å². The third-order valence-corrected chi connectivity index (χ3v) is 13.9. The highest BCUT2D eigenvalue weighted by Crippen LogP contribution is 2.78. The van der Waals surface area contributed by atoms with Gasteiger partial charge in [0.15, 0.2) is 0 Å². The molecule has 0 radical (unpaired) electrons. The molecule has 5 atom stereocenters. The van der Waals surface area contributed by atoms with Crippen molar-refractivity contribution in [3.8, 4) is 16.8 Å². The van der Waals surface area contributed by atoms with Crippen molar-refractivity contribution in [1.29, 1.82) is 0 Å². The highest BCUT2D eigenvalue weighted by atomic mass is 16.3. The molecule has 2 heterocycles. The number of hydrogen-bond donors (Lipinski definition) is 0. The van der Waals surface area contributed by atoms with Crippen molar-refractivity contribution in [3.05, 3.63) is 169 Å². The Morgan fingerprint density at radius 2 is 1.23 bits per heavy atom. The average molecular weight is 681 g/mol. The molecule has 252 valence electrons. The lowest BCUT2D eigenvalue weighted by Crippen LogP contribution is -2.31. The zero-order valence-electron chi connectivity index (χ0n) is 29.2. The Morgan fingerprint density at radius 3 is 2.04 bits per heavy atom. The summed E-state index contributed by atoms with van der Waals surface area (Å²) in [6.45, 7) is 0. The molecule has 0 saturated heterocycles. The fraction of sp³-hybridized carbons (Fsp3) is 0.160. The van der Waals surface area contributed by atoms with E-state index in [9.17, 15) is 0 Å². The van der Waals surface area contributed by atoms with E-state index in [1.165, 1.54) is 57.9 Å². The van der Waals surface area contributed by atoms with Crippen molar-refractivity contribution >= 4 is 60.8 Å². The number of nitrogens with zero attached hydrogens (tertiary/aromatic N) is 2. The van der Waals surface area contributed by atoms with Crippen LogP contribution in [0.3, 0.4) is 0 Å².